The van der Waals surface area contributed by atoms with E-state index < -0.39 is 0 Å². The highest BCUT2D eigenvalue weighted by Crippen LogP contribution is 2.42. The number of carbonyl (C=O) groups is 1. The molecule has 4 rings (SSSR count). The second-order valence-electron chi connectivity index (χ2n) is 10.8. The molecule has 0 unspecified atom stereocenters. The molecule has 3 aliphatic heterocycles. The molecule has 1 N–H and O–H groups in total. The molecule has 0 aromatic rings. The van der Waals surface area contributed by atoms with Crippen molar-refractivity contribution in [2.24, 2.45) is 11.8 Å². The van der Waals surface area contributed by atoms with Gasteiger partial charge in [0.2, 0.25) is 5.91 Å². The summed E-state index contributed by atoms with van der Waals surface area (Å²) in [5, 5.41) is 3.19. The van der Waals surface area contributed by atoms with Crippen LogP contribution in [0.5, 0.6) is 0 Å². The summed E-state index contributed by atoms with van der Waals surface area (Å²) in [5.74, 6) is 1.97. The van der Waals surface area contributed by atoms with Crippen molar-refractivity contribution in [2.75, 3.05) is 46.8 Å². The van der Waals surface area contributed by atoms with Crippen LogP contribution in [-0.2, 0) is 4.79 Å². The van der Waals surface area contributed by atoms with Gasteiger partial charge < -0.3 is 15.1 Å². The molecule has 3 heterocycles. The maximum absolute atomic E-state index is 12.4. The lowest BCUT2D eigenvalue weighted by Crippen LogP contribution is -2.63. The number of hydrogen-bond acceptors (Lipinski definition) is 4. The summed E-state index contributed by atoms with van der Waals surface area (Å²) >= 11 is 0. The van der Waals surface area contributed by atoms with E-state index in [2.05, 4.69) is 34.1 Å². The monoisotopic (exact) mass is 418 g/mol. The number of amides is 1. The molecule has 0 aromatic carbocycles. The first-order valence-electron chi connectivity index (χ1n) is 13.0. The van der Waals surface area contributed by atoms with Crippen molar-refractivity contribution in [3.8, 4) is 0 Å². The zero-order valence-electron chi connectivity index (χ0n) is 19.7. The van der Waals surface area contributed by atoms with Gasteiger partial charge in [0.1, 0.15) is 0 Å². The SMILES string of the molecule is CN(CCNC(=O)CCC[C@@H]1[C@H]2CCCN3CCC[C@@H](CN1C)[C@@H]23)C1CCCCC1. The third-order valence-corrected chi connectivity index (χ3v) is 8.82. The van der Waals surface area contributed by atoms with Crippen LogP contribution in [0.1, 0.15) is 77.0 Å². The number of nitrogens with one attached hydrogen (secondary N) is 1. The summed E-state index contributed by atoms with van der Waals surface area (Å²) in [5.41, 5.74) is 0. The van der Waals surface area contributed by atoms with E-state index in [0.29, 0.717) is 12.5 Å². The number of hydrogen-bond donors (Lipinski definition) is 1. The van der Waals surface area contributed by atoms with Crippen molar-refractivity contribution in [1.29, 1.82) is 0 Å². The number of likely N-dealkylation sites (N-methyl/N-ethyl adjacent to an activating group) is 1. The van der Waals surface area contributed by atoms with Crippen LogP contribution in [0.2, 0.25) is 0 Å². The van der Waals surface area contributed by atoms with Crippen LogP contribution in [-0.4, -0.2) is 85.6 Å². The van der Waals surface area contributed by atoms with E-state index >= 15 is 0 Å². The minimum Gasteiger partial charge on any atom is -0.355 e. The maximum atomic E-state index is 12.4. The highest BCUT2D eigenvalue weighted by Gasteiger charge is 2.47. The van der Waals surface area contributed by atoms with Gasteiger partial charge in [-0.2, -0.15) is 0 Å². The number of piperidine rings is 3. The summed E-state index contributed by atoms with van der Waals surface area (Å²) in [7, 11) is 4.57. The largest absolute Gasteiger partial charge is 0.355 e. The molecule has 3 saturated heterocycles. The first kappa shape index (κ1) is 22.5. The molecule has 1 aliphatic carbocycles. The van der Waals surface area contributed by atoms with Gasteiger partial charge in [0, 0.05) is 44.2 Å². The lowest BCUT2D eigenvalue weighted by atomic mass is 9.69. The average Bonchev–Trinajstić information content (AvgIpc) is 2.76. The Morgan fingerprint density at radius 2 is 1.80 bits per heavy atom. The number of nitrogens with zero attached hydrogens (tertiary/aromatic N) is 3. The molecule has 1 amide bonds. The van der Waals surface area contributed by atoms with E-state index in [1.165, 1.54) is 83.8 Å². The first-order valence-corrected chi connectivity index (χ1v) is 13.0. The highest BCUT2D eigenvalue weighted by atomic mass is 16.1. The third kappa shape index (κ3) is 5.39. The molecular weight excluding hydrogens is 372 g/mol. The van der Waals surface area contributed by atoms with Gasteiger partial charge in [-0.15, -0.1) is 0 Å². The van der Waals surface area contributed by atoms with Crippen LogP contribution in [0.3, 0.4) is 0 Å². The lowest BCUT2D eigenvalue weighted by molar-refractivity contribution is -0.121. The minimum atomic E-state index is 0.256. The summed E-state index contributed by atoms with van der Waals surface area (Å²) in [6, 6.07) is 2.24. The molecule has 5 nitrogen and oxygen atoms in total. The van der Waals surface area contributed by atoms with Gasteiger partial charge >= 0.3 is 0 Å². The first-order chi connectivity index (χ1) is 14.6. The Morgan fingerprint density at radius 3 is 2.60 bits per heavy atom. The highest BCUT2D eigenvalue weighted by molar-refractivity contribution is 5.75. The Hall–Kier alpha value is -0.650. The van der Waals surface area contributed by atoms with E-state index in [1.807, 2.05) is 0 Å². The minimum absolute atomic E-state index is 0.256. The van der Waals surface area contributed by atoms with Crippen molar-refractivity contribution in [3.05, 3.63) is 0 Å². The lowest BCUT2D eigenvalue weighted by Gasteiger charge is -2.57. The van der Waals surface area contributed by atoms with Gasteiger partial charge in [0.25, 0.3) is 0 Å². The molecule has 4 fully saturated rings. The molecular formula is C25H46N4O. The predicted octanol–water partition coefficient (Wildman–Crippen LogP) is 3.34. The third-order valence-electron chi connectivity index (χ3n) is 8.82. The summed E-state index contributed by atoms with van der Waals surface area (Å²) in [6.07, 6.45) is 15.3. The zero-order chi connectivity index (χ0) is 20.9. The second-order valence-corrected chi connectivity index (χ2v) is 10.8. The van der Waals surface area contributed by atoms with E-state index in [1.54, 1.807) is 0 Å². The molecule has 0 aromatic heterocycles. The Balaban J connectivity index is 1.17. The van der Waals surface area contributed by atoms with E-state index in [-0.39, 0.29) is 5.91 Å². The van der Waals surface area contributed by atoms with Crippen LogP contribution in [0, 0.1) is 11.8 Å². The molecule has 0 radical (unpaired) electrons. The van der Waals surface area contributed by atoms with Crippen LogP contribution in [0.4, 0.5) is 0 Å². The standard InChI is InChI=1S/C25H46N4O/c1-27(21-10-4-3-5-11-21)18-15-26-24(30)14-6-13-23-22-12-8-17-29-16-7-9-20(25(22)29)19-28(23)2/h20-23,25H,3-19H2,1-2H3,(H,26,30)/t20-,22+,23+,25-/m0/s1. The molecule has 0 bridgehead atoms. The van der Waals surface area contributed by atoms with Gasteiger partial charge in [-0.05, 0) is 90.4 Å². The number of rotatable bonds is 8. The Morgan fingerprint density at radius 1 is 1.03 bits per heavy atom. The van der Waals surface area contributed by atoms with Gasteiger partial charge in [0.05, 0.1) is 0 Å². The van der Waals surface area contributed by atoms with Crippen molar-refractivity contribution >= 4 is 5.91 Å². The molecule has 30 heavy (non-hydrogen) atoms. The van der Waals surface area contributed by atoms with Crippen molar-refractivity contribution in [3.63, 3.8) is 0 Å². The number of likely N-dealkylation sites (tertiary alicyclic amines) is 1. The fourth-order valence-electron chi connectivity index (χ4n) is 7.28. The molecule has 4 aliphatic rings. The quantitative estimate of drug-likeness (QED) is 0.656. The average molecular weight is 419 g/mol. The van der Waals surface area contributed by atoms with Crippen molar-refractivity contribution in [1.82, 2.24) is 20.0 Å². The fraction of sp³-hybridized carbons (Fsp3) is 0.960. The van der Waals surface area contributed by atoms with Crippen LogP contribution < -0.4 is 5.32 Å². The summed E-state index contributed by atoms with van der Waals surface area (Å²) < 4.78 is 0. The fourth-order valence-corrected chi connectivity index (χ4v) is 7.28. The molecule has 1 saturated carbocycles. The second kappa shape index (κ2) is 10.8. The Kier molecular flexibility index (Phi) is 8.10. The van der Waals surface area contributed by atoms with Crippen LogP contribution >= 0.6 is 0 Å². The maximum Gasteiger partial charge on any atom is 0.220 e. The molecule has 5 heteroatoms. The number of carbonyl (C=O) groups excluding carboxylic acids is 1. The van der Waals surface area contributed by atoms with Crippen LogP contribution in [0.15, 0.2) is 0 Å². The van der Waals surface area contributed by atoms with Crippen LogP contribution in [0.25, 0.3) is 0 Å². The zero-order valence-corrected chi connectivity index (χ0v) is 19.7. The van der Waals surface area contributed by atoms with E-state index in [0.717, 1.165) is 43.4 Å². The van der Waals surface area contributed by atoms with Crippen molar-refractivity contribution in [2.45, 2.75) is 95.2 Å². The van der Waals surface area contributed by atoms with Gasteiger partial charge in [0.15, 0.2) is 0 Å². The Bertz CT molecular complexity index is 547. The van der Waals surface area contributed by atoms with Gasteiger partial charge in [-0.3, -0.25) is 9.69 Å². The Labute approximate surface area is 184 Å². The van der Waals surface area contributed by atoms with Crippen molar-refractivity contribution < 1.29 is 4.79 Å². The summed E-state index contributed by atoms with van der Waals surface area (Å²) in [6.45, 7) is 5.71. The molecule has 172 valence electrons. The van der Waals surface area contributed by atoms with E-state index in [9.17, 15) is 4.79 Å². The smallest absolute Gasteiger partial charge is 0.220 e. The predicted molar refractivity (Wildman–Crippen MR) is 124 cm³/mol. The normalized spacial score (nSPS) is 33.4. The van der Waals surface area contributed by atoms with Gasteiger partial charge in [-0.25, -0.2) is 0 Å². The summed E-state index contributed by atoms with van der Waals surface area (Å²) in [4.78, 5) is 20.3. The topological polar surface area (TPSA) is 38.8 Å². The molecule has 0 spiro atoms. The van der Waals surface area contributed by atoms with Gasteiger partial charge in [-0.1, -0.05) is 19.3 Å². The molecule has 4 atom stereocenters. The van der Waals surface area contributed by atoms with E-state index in [4.69, 9.17) is 0 Å².